The summed E-state index contributed by atoms with van der Waals surface area (Å²) in [6.45, 7) is 0.166. The Labute approximate surface area is 172 Å². The van der Waals surface area contributed by atoms with Gasteiger partial charge in [0, 0.05) is 23.1 Å². The Morgan fingerprint density at radius 2 is 1.97 bits per heavy atom. The van der Waals surface area contributed by atoms with Crippen LogP contribution in [0.5, 0.6) is 11.5 Å². The van der Waals surface area contributed by atoms with Gasteiger partial charge in [0.1, 0.15) is 11.5 Å². The number of rotatable bonds is 10. The van der Waals surface area contributed by atoms with E-state index >= 15 is 0 Å². The minimum atomic E-state index is -2.42. The first-order valence-corrected chi connectivity index (χ1v) is 9.69. The number of anilines is 1. The van der Waals surface area contributed by atoms with Crippen molar-refractivity contribution in [1.29, 1.82) is 0 Å². The maximum absolute atomic E-state index is 12.4. The van der Waals surface area contributed by atoms with E-state index in [1.807, 2.05) is 42.5 Å². The van der Waals surface area contributed by atoms with Crippen LogP contribution < -0.4 is 19.5 Å². The molecule has 2 aromatic carbocycles. The fourth-order valence-electron chi connectivity index (χ4n) is 2.66. The number of halogens is 2. The number of ether oxygens (including phenoxy) is 2. The van der Waals surface area contributed by atoms with Gasteiger partial charge in [-0.25, -0.2) is 13.5 Å². The topological polar surface area (TPSA) is 60.3 Å². The minimum absolute atomic E-state index is 0.409. The third-order valence-corrected chi connectivity index (χ3v) is 4.95. The number of methoxy groups -OCH3 is 2. The highest BCUT2D eigenvalue weighted by Gasteiger charge is 2.10. The Bertz CT molecular complexity index is 936. The van der Waals surface area contributed by atoms with Crippen molar-refractivity contribution in [1.82, 2.24) is 14.5 Å². The molecule has 0 bridgehead atoms. The molecule has 0 aliphatic carbocycles. The standard InChI is InChI=1S/C20H22F2N4O2S/c1-27-16-8-7-14(18(9-16)28-2)10-25-29-19-6-4-3-5-17(19)26-13-15(11-24-26)23-12-20(21)22/h3-9,11,13,20,23,25H,10,12H2,1-2H3. The maximum Gasteiger partial charge on any atom is 0.255 e. The Morgan fingerprint density at radius 1 is 1.14 bits per heavy atom. The molecule has 0 aliphatic rings. The molecule has 3 aromatic rings. The molecule has 3 rings (SSSR count). The molecule has 154 valence electrons. The van der Waals surface area contributed by atoms with Gasteiger partial charge in [-0.3, -0.25) is 4.72 Å². The first-order chi connectivity index (χ1) is 14.1. The summed E-state index contributed by atoms with van der Waals surface area (Å²) in [6, 6.07) is 13.4. The van der Waals surface area contributed by atoms with Crippen LogP contribution in [0, 0.1) is 0 Å². The highest BCUT2D eigenvalue weighted by Crippen LogP contribution is 2.27. The van der Waals surface area contributed by atoms with Gasteiger partial charge in [0.2, 0.25) is 0 Å². The summed E-state index contributed by atoms with van der Waals surface area (Å²) in [5.74, 6) is 1.48. The normalized spacial score (nSPS) is 10.9. The molecule has 29 heavy (non-hydrogen) atoms. The van der Waals surface area contributed by atoms with E-state index < -0.39 is 13.0 Å². The molecule has 1 aromatic heterocycles. The molecule has 2 N–H and O–H groups in total. The van der Waals surface area contributed by atoms with Gasteiger partial charge in [-0.15, -0.1) is 0 Å². The summed E-state index contributed by atoms with van der Waals surface area (Å²) >= 11 is 1.46. The zero-order valence-electron chi connectivity index (χ0n) is 16.1. The Morgan fingerprint density at radius 3 is 2.72 bits per heavy atom. The van der Waals surface area contributed by atoms with Crippen LogP contribution in [0.4, 0.5) is 14.5 Å². The highest BCUT2D eigenvalue weighted by molar-refractivity contribution is 7.97. The lowest BCUT2D eigenvalue weighted by Crippen LogP contribution is -2.09. The molecular formula is C20H22F2N4O2S. The predicted molar refractivity (Wildman–Crippen MR) is 110 cm³/mol. The summed E-state index contributed by atoms with van der Waals surface area (Å²) < 4.78 is 40.4. The number of aromatic nitrogens is 2. The fraction of sp³-hybridized carbons (Fsp3) is 0.250. The van der Waals surface area contributed by atoms with E-state index in [4.69, 9.17) is 9.47 Å². The van der Waals surface area contributed by atoms with Gasteiger partial charge < -0.3 is 14.8 Å². The SMILES string of the molecule is COc1ccc(CNSc2ccccc2-n2cc(NCC(F)F)cn2)c(OC)c1. The van der Waals surface area contributed by atoms with E-state index in [0.29, 0.717) is 12.2 Å². The monoisotopic (exact) mass is 420 g/mol. The van der Waals surface area contributed by atoms with Crippen molar-refractivity contribution >= 4 is 17.6 Å². The number of nitrogens with one attached hydrogen (secondary N) is 2. The third kappa shape index (κ3) is 5.61. The number of para-hydroxylation sites is 1. The lowest BCUT2D eigenvalue weighted by molar-refractivity contribution is 0.163. The average Bonchev–Trinajstić information content (AvgIpc) is 3.21. The van der Waals surface area contributed by atoms with Crippen LogP contribution in [-0.4, -0.2) is 37.0 Å². The van der Waals surface area contributed by atoms with Gasteiger partial charge in [-0.1, -0.05) is 18.2 Å². The molecule has 0 radical (unpaired) electrons. The molecule has 0 saturated carbocycles. The fourth-order valence-corrected chi connectivity index (χ4v) is 3.46. The quantitative estimate of drug-likeness (QED) is 0.475. The summed E-state index contributed by atoms with van der Waals surface area (Å²) in [7, 11) is 3.24. The van der Waals surface area contributed by atoms with Crippen LogP contribution in [0.1, 0.15) is 5.56 Å². The first kappa shape index (κ1) is 20.9. The summed E-state index contributed by atoms with van der Waals surface area (Å²) in [4.78, 5) is 0.948. The van der Waals surface area contributed by atoms with E-state index in [9.17, 15) is 8.78 Å². The zero-order valence-corrected chi connectivity index (χ0v) is 16.9. The zero-order chi connectivity index (χ0) is 20.6. The molecule has 9 heteroatoms. The van der Waals surface area contributed by atoms with Gasteiger partial charge in [0.15, 0.2) is 0 Å². The van der Waals surface area contributed by atoms with Crippen LogP contribution in [0.15, 0.2) is 59.8 Å². The number of hydrogen-bond donors (Lipinski definition) is 2. The lowest BCUT2D eigenvalue weighted by Gasteiger charge is -2.12. The number of alkyl halides is 2. The van der Waals surface area contributed by atoms with Gasteiger partial charge >= 0.3 is 0 Å². The van der Waals surface area contributed by atoms with E-state index in [1.54, 1.807) is 25.1 Å². The van der Waals surface area contributed by atoms with Crippen LogP contribution in [-0.2, 0) is 6.54 Å². The molecule has 0 amide bonds. The molecule has 0 saturated heterocycles. The van der Waals surface area contributed by atoms with E-state index in [1.165, 1.54) is 18.1 Å². The second kappa shape index (κ2) is 10.1. The van der Waals surface area contributed by atoms with Crippen molar-refractivity contribution in [2.24, 2.45) is 0 Å². The van der Waals surface area contributed by atoms with Gasteiger partial charge in [-0.2, -0.15) is 5.10 Å². The first-order valence-electron chi connectivity index (χ1n) is 8.87. The summed E-state index contributed by atoms with van der Waals surface area (Å²) in [6.07, 6.45) is 0.800. The molecule has 0 fully saturated rings. The molecule has 6 nitrogen and oxygen atoms in total. The predicted octanol–water partition coefficient (Wildman–Crippen LogP) is 4.36. The van der Waals surface area contributed by atoms with Crippen molar-refractivity contribution in [3.8, 4) is 17.2 Å². The highest BCUT2D eigenvalue weighted by atomic mass is 32.2. The van der Waals surface area contributed by atoms with Crippen molar-refractivity contribution in [3.63, 3.8) is 0 Å². The van der Waals surface area contributed by atoms with Crippen LogP contribution in [0.2, 0.25) is 0 Å². The number of hydrogen-bond acceptors (Lipinski definition) is 6. The van der Waals surface area contributed by atoms with E-state index in [-0.39, 0.29) is 0 Å². The summed E-state index contributed by atoms with van der Waals surface area (Å²) in [5, 5.41) is 6.93. The van der Waals surface area contributed by atoms with E-state index in [2.05, 4.69) is 15.1 Å². The molecule has 1 heterocycles. The average molecular weight is 420 g/mol. The van der Waals surface area contributed by atoms with Gasteiger partial charge in [0.25, 0.3) is 6.43 Å². The van der Waals surface area contributed by atoms with E-state index in [0.717, 1.165) is 27.6 Å². The van der Waals surface area contributed by atoms with Crippen LogP contribution in [0.3, 0.4) is 0 Å². The van der Waals surface area contributed by atoms with Crippen LogP contribution in [0.25, 0.3) is 5.69 Å². The molecular weight excluding hydrogens is 398 g/mol. The maximum atomic E-state index is 12.4. The molecule has 0 spiro atoms. The molecule has 0 atom stereocenters. The molecule has 0 unspecified atom stereocenters. The largest absolute Gasteiger partial charge is 0.497 e. The second-order valence-corrected chi connectivity index (χ2v) is 6.95. The molecule has 0 aliphatic heterocycles. The number of benzene rings is 2. The Balaban J connectivity index is 1.67. The number of nitrogens with zero attached hydrogens (tertiary/aromatic N) is 2. The van der Waals surface area contributed by atoms with Crippen LogP contribution >= 0.6 is 11.9 Å². The van der Waals surface area contributed by atoms with Gasteiger partial charge in [0.05, 0.1) is 44.5 Å². The van der Waals surface area contributed by atoms with Gasteiger partial charge in [-0.05, 0) is 30.1 Å². The second-order valence-electron chi connectivity index (χ2n) is 6.01. The lowest BCUT2D eigenvalue weighted by atomic mass is 10.2. The Kier molecular flexibility index (Phi) is 7.31. The van der Waals surface area contributed by atoms with Crippen molar-refractivity contribution < 1.29 is 18.3 Å². The minimum Gasteiger partial charge on any atom is -0.497 e. The third-order valence-electron chi connectivity index (χ3n) is 4.09. The Hall–Kier alpha value is -2.78. The smallest absolute Gasteiger partial charge is 0.255 e. The summed E-state index contributed by atoms with van der Waals surface area (Å²) in [5.41, 5.74) is 2.38. The van der Waals surface area contributed by atoms with Crippen molar-refractivity contribution in [2.45, 2.75) is 17.9 Å². The van der Waals surface area contributed by atoms with Crippen molar-refractivity contribution in [3.05, 3.63) is 60.4 Å². The van der Waals surface area contributed by atoms with Crippen molar-refractivity contribution in [2.75, 3.05) is 26.1 Å².